The molecule has 0 N–H and O–H groups in total. The van der Waals surface area contributed by atoms with Crippen LogP contribution in [0.4, 0.5) is 18.9 Å². The Morgan fingerprint density at radius 3 is 2.65 bits per heavy atom. The van der Waals surface area contributed by atoms with Gasteiger partial charge in [-0.2, -0.15) is 13.2 Å². The summed E-state index contributed by atoms with van der Waals surface area (Å²) < 4.78 is 77.8. The predicted octanol–water partition coefficient (Wildman–Crippen LogP) is 4.36. The predicted molar refractivity (Wildman–Crippen MR) is 108 cm³/mol. The Kier molecular flexibility index (Phi) is 5.26. The smallest absolute Gasteiger partial charge is 0.416 e. The number of sulfonamides is 1. The second kappa shape index (κ2) is 7.77. The number of ether oxygens (including phenoxy) is 2. The lowest BCUT2D eigenvalue weighted by Gasteiger charge is -2.31. The molecule has 0 radical (unpaired) electrons. The summed E-state index contributed by atoms with van der Waals surface area (Å²) in [7, 11) is -2.80. The molecule has 162 valence electrons. The van der Waals surface area contributed by atoms with E-state index in [2.05, 4.69) is 4.98 Å². The molecule has 31 heavy (non-hydrogen) atoms. The third-order valence-electron chi connectivity index (χ3n) is 4.80. The van der Waals surface area contributed by atoms with E-state index in [0.717, 1.165) is 22.5 Å². The lowest BCUT2D eigenvalue weighted by Crippen LogP contribution is -2.38. The summed E-state index contributed by atoms with van der Waals surface area (Å²) >= 11 is 0. The molecule has 0 atom stereocenters. The van der Waals surface area contributed by atoms with Crippen LogP contribution in [0.2, 0.25) is 0 Å². The van der Waals surface area contributed by atoms with Gasteiger partial charge in [0, 0.05) is 11.8 Å². The van der Waals surface area contributed by atoms with E-state index in [4.69, 9.17) is 9.47 Å². The normalized spacial score (nSPS) is 14.0. The maximum Gasteiger partial charge on any atom is 0.416 e. The highest BCUT2D eigenvalue weighted by Gasteiger charge is 2.35. The highest BCUT2D eigenvalue weighted by Crippen LogP contribution is 2.40. The highest BCUT2D eigenvalue weighted by molar-refractivity contribution is 7.92. The third kappa shape index (κ3) is 3.90. The van der Waals surface area contributed by atoms with Gasteiger partial charge in [-0.1, -0.05) is 12.1 Å². The lowest BCUT2D eigenvalue weighted by atomic mass is 10.1. The van der Waals surface area contributed by atoms with Gasteiger partial charge >= 0.3 is 6.18 Å². The van der Waals surface area contributed by atoms with E-state index in [1.807, 2.05) is 0 Å². The van der Waals surface area contributed by atoms with Crippen LogP contribution in [0.1, 0.15) is 5.56 Å². The SMILES string of the molecule is COc1ncccc1-c1ccc2c(c1)N(S(=O)(=O)c1cccc(C(F)(F)F)c1)CCO2. The summed E-state index contributed by atoms with van der Waals surface area (Å²) in [6.07, 6.45) is -3.09. The van der Waals surface area contributed by atoms with Crippen LogP contribution in [0.5, 0.6) is 11.6 Å². The molecule has 6 nitrogen and oxygen atoms in total. The van der Waals surface area contributed by atoms with Crippen LogP contribution in [0.15, 0.2) is 65.7 Å². The summed E-state index contributed by atoms with van der Waals surface area (Å²) in [6, 6.07) is 12.1. The third-order valence-corrected chi connectivity index (χ3v) is 6.61. The lowest BCUT2D eigenvalue weighted by molar-refractivity contribution is -0.137. The number of rotatable bonds is 4. The van der Waals surface area contributed by atoms with E-state index in [0.29, 0.717) is 28.8 Å². The fraction of sp³-hybridized carbons (Fsp3) is 0.190. The van der Waals surface area contributed by atoms with Crippen molar-refractivity contribution >= 4 is 15.7 Å². The van der Waals surface area contributed by atoms with Crippen molar-refractivity contribution in [3.05, 3.63) is 66.4 Å². The molecule has 1 aliphatic heterocycles. The molecule has 0 aliphatic carbocycles. The summed E-state index contributed by atoms with van der Waals surface area (Å²) in [5.74, 6) is 0.667. The quantitative estimate of drug-likeness (QED) is 0.591. The number of hydrogen-bond acceptors (Lipinski definition) is 5. The number of nitrogens with zero attached hydrogens (tertiary/aromatic N) is 2. The van der Waals surface area contributed by atoms with Crippen LogP contribution in [0.3, 0.4) is 0 Å². The molecule has 0 bridgehead atoms. The zero-order chi connectivity index (χ0) is 22.2. The van der Waals surface area contributed by atoms with Crippen LogP contribution in [-0.4, -0.2) is 33.7 Å². The highest BCUT2D eigenvalue weighted by atomic mass is 32.2. The first-order valence-corrected chi connectivity index (χ1v) is 10.6. The van der Waals surface area contributed by atoms with Crippen molar-refractivity contribution < 1.29 is 31.1 Å². The van der Waals surface area contributed by atoms with Gasteiger partial charge in [-0.05, 0) is 48.0 Å². The number of anilines is 1. The number of aromatic nitrogens is 1. The van der Waals surface area contributed by atoms with Gasteiger partial charge < -0.3 is 9.47 Å². The van der Waals surface area contributed by atoms with Gasteiger partial charge in [0.05, 0.1) is 29.8 Å². The zero-order valence-electron chi connectivity index (χ0n) is 16.3. The zero-order valence-corrected chi connectivity index (χ0v) is 17.1. The molecule has 10 heteroatoms. The summed E-state index contributed by atoms with van der Waals surface area (Å²) in [4.78, 5) is 3.70. The molecule has 0 spiro atoms. The molecule has 0 saturated carbocycles. The van der Waals surface area contributed by atoms with Crippen LogP contribution >= 0.6 is 0 Å². The Morgan fingerprint density at radius 2 is 1.90 bits per heavy atom. The second-order valence-electron chi connectivity index (χ2n) is 6.69. The number of hydrogen-bond donors (Lipinski definition) is 0. The summed E-state index contributed by atoms with van der Waals surface area (Å²) in [5.41, 5.74) is 0.455. The van der Waals surface area contributed by atoms with E-state index in [9.17, 15) is 21.6 Å². The Labute approximate surface area is 176 Å². The van der Waals surface area contributed by atoms with E-state index < -0.39 is 26.7 Å². The summed E-state index contributed by atoms with van der Waals surface area (Å²) in [6.45, 7) is 0.0277. The molecule has 0 fully saturated rings. The molecule has 0 amide bonds. The van der Waals surface area contributed by atoms with Gasteiger partial charge in [0.1, 0.15) is 12.4 Å². The topological polar surface area (TPSA) is 68.7 Å². The molecule has 2 aromatic carbocycles. The second-order valence-corrected chi connectivity index (χ2v) is 8.56. The molecule has 0 saturated heterocycles. The first kappa shape index (κ1) is 21.0. The van der Waals surface area contributed by atoms with E-state index in [1.54, 1.807) is 36.5 Å². The van der Waals surface area contributed by atoms with Gasteiger partial charge in [0.25, 0.3) is 10.0 Å². The van der Waals surface area contributed by atoms with Crippen LogP contribution in [0, 0.1) is 0 Å². The fourth-order valence-corrected chi connectivity index (χ4v) is 4.84. The number of benzene rings is 2. The van der Waals surface area contributed by atoms with Gasteiger partial charge in [-0.25, -0.2) is 13.4 Å². The Morgan fingerprint density at radius 1 is 1.10 bits per heavy atom. The molecule has 0 unspecified atom stereocenters. The molecule has 4 rings (SSSR count). The maximum atomic E-state index is 13.3. The number of fused-ring (bicyclic) bond motifs is 1. The van der Waals surface area contributed by atoms with E-state index in [-0.39, 0.29) is 18.8 Å². The fourth-order valence-electron chi connectivity index (χ4n) is 3.34. The Hall–Kier alpha value is -3.27. The van der Waals surface area contributed by atoms with Gasteiger partial charge in [-0.15, -0.1) is 0 Å². The number of halogens is 3. The molecule has 1 aromatic heterocycles. The van der Waals surface area contributed by atoms with Crippen molar-refractivity contribution in [3.63, 3.8) is 0 Å². The standard InChI is InChI=1S/C21H17F3N2O4S/c1-29-20-17(6-3-9-25-20)14-7-8-19-18(12-14)26(10-11-30-19)31(27,28)16-5-2-4-15(13-16)21(22,23)24/h2-9,12-13H,10-11H2,1H3. The van der Waals surface area contributed by atoms with Gasteiger partial charge in [0.2, 0.25) is 5.88 Å². The van der Waals surface area contributed by atoms with Gasteiger partial charge in [-0.3, -0.25) is 4.31 Å². The van der Waals surface area contributed by atoms with Crippen molar-refractivity contribution in [2.24, 2.45) is 0 Å². The van der Waals surface area contributed by atoms with Crippen LogP contribution in [-0.2, 0) is 16.2 Å². The number of alkyl halides is 3. The first-order chi connectivity index (χ1) is 14.7. The minimum absolute atomic E-state index is 0.0425. The maximum absolute atomic E-state index is 13.3. The van der Waals surface area contributed by atoms with Crippen LogP contribution < -0.4 is 13.8 Å². The first-order valence-electron chi connectivity index (χ1n) is 9.18. The van der Waals surface area contributed by atoms with E-state index in [1.165, 1.54) is 7.11 Å². The van der Waals surface area contributed by atoms with Crippen molar-refractivity contribution in [1.82, 2.24) is 4.98 Å². The molecule has 2 heterocycles. The summed E-state index contributed by atoms with van der Waals surface area (Å²) in [5, 5.41) is 0. The Balaban J connectivity index is 1.81. The van der Waals surface area contributed by atoms with Crippen molar-refractivity contribution in [2.75, 3.05) is 24.6 Å². The van der Waals surface area contributed by atoms with Crippen molar-refractivity contribution in [3.8, 4) is 22.8 Å². The molecule has 1 aliphatic rings. The largest absolute Gasteiger partial charge is 0.489 e. The van der Waals surface area contributed by atoms with Gasteiger partial charge in [0.15, 0.2) is 0 Å². The molecule has 3 aromatic rings. The Bertz CT molecular complexity index is 1230. The number of pyridine rings is 1. The monoisotopic (exact) mass is 450 g/mol. The minimum Gasteiger partial charge on any atom is -0.489 e. The minimum atomic E-state index is -4.65. The van der Waals surface area contributed by atoms with Crippen molar-refractivity contribution in [2.45, 2.75) is 11.1 Å². The van der Waals surface area contributed by atoms with Crippen molar-refractivity contribution in [1.29, 1.82) is 0 Å². The molecular formula is C21H17F3N2O4S. The number of methoxy groups -OCH3 is 1. The molecular weight excluding hydrogens is 433 g/mol. The van der Waals surface area contributed by atoms with Crippen LogP contribution in [0.25, 0.3) is 11.1 Å². The average molecular weight is 450 g/mol. The van der Waals surface area contributed by atoms with E-state index >= 15 is 0 Å². The average Bonchev–Trinajstić information content (AvgIpc) is 2.77.